The molecule has 2 N–H and O–H groups in total. The first kappa shape index (κ1) is 11.5. The maximum atomic E-state index is 9.37. The summed E-state index contributed by atoms with van der Waals surface area (Å²) >= 11 is 0. The highest BCUT2D eigenvalue weighted by Crippen LogP contribution is 2.21. The summed E-state index contributed by atoms with van der Waals surface area (Å²) in [6.07, 6.45) is 1.97. The molecule has 16 heavy (non-hydrogen) atoms. The van der Waals surface area contributed by atoms with Crippen molar-refractivity contribution in [3.8, 4) is 0 Å². The van der Waals surface area contributed by atoms with Crippen molar-refractivity contribution in [3.63, 3.8) is 0 Å². The van der Waals surface area contributed by atoms with Gasteiger partial charge in [-0.25, -0.2) is 0 Å². The van der Waals surface area contributed by atoms with E-state index >= 15 is 0 Å². The van der Waals surface area contributed by atoms with Crippen molar-refractivity contribution in [1.29, 1.82) is 0 Å². The maximum Gasteiger partial charge on any atom is 0.243 e. The molecule has 2 atom stereocenters. The second-order valence-corrected chi connectivity index (χ2v) is 4.00. The fraction of sp³-hybridized carbons (Fsp3) is 0.800. The molecule has 1 aromatic heterocycles. The van der Waals surface area contributed by atoms with Gasteiger partial charge in [-0.15, -0.1) is 0 Å². The number of β-amino-alcohol motifs (C(OH)–C–C–N with tert-alkyl or cyclic N) is 1. The van der Waals surface area contributed by atoms with Gasteiger partial charge >= 0.3 is 0 Å². The molecule has 1 unspecified atom stereocenters. The van der Waals surface area contributed by atoms with Gasteiger partial charge in [0.2, 0.25) is 5.89 Å². The number of hydrogen-bond acceptors (Lipinski definition) is 6. The Morgan fingerprint density at radius 3 is 3.19 bits per heavy atom. The third-order valence-electron chi connectivity index (χ3n) is 2.64. The van der Waals surface area contributed by atoms with Gasteiger partial charge in [0.15, 0.2) is 5.82 Å². The largest absolute Gasteiger partial charge is 0.392 e. The van der Waals surface area contributed by atoms with Gasteiger partial charge in [0, 0.05) is 26.7 Å². The normalized spacial score (nSPS) is 25.1. The predicted molar refractivity (Wildman–Crippen MR) is 55.9 cm³/mol. The second kappa shape index (κ2) is 5.38. The van der Waals surface area contributed by atoms with Crippen LogP contribution in [0.4, 0.5) is 0 Å². The number of nitrogens with one attached hydrogen (secondary N) is 1. The molecule has 1 aliphatic rings. The van der Waals surface area contributed by atoms with Gasteiger partial charge in [-0.3, -0.25) is 0 Å². The molecule has 2 rings (SSSR count). The Hall–Kier alpha value is -0.980. The fourth-order valence-electron chi connectivity index (χ4n) is 1.79. The smallest absolute Gasteiger partial charge is 0.243 e. The van der Waals surface area contributed by atoms with Crippen LogP contribution in [0.5, 0.6) is 0 Å². The van der Waals surface area contributed by atoms with Crippen LogP contribution in [0.1, 0.15) is 30.6 Å². The molecule has 2 heterocycles. The fourth-order valence-corrected chi connectivity index (χ4v) is 1.79. The van der Waals surface area contributed by atoms with Crippen molar-refractivity contribution in [2.45, 2.75) is 31.4 Å². The molecule has 1 aromatic rings. The molecule has 0 spiro atoms. The minimum atomic E-state index is -0.311. The standard InChI is InChI=1S/C10H17N3O3/c1-15-4-2-3-9-12-10(16-13-9)8-5-7(14)6-11-8/h7-8,11,14H,2-6H2,1H3/t7?,8-/m0/s1. The molecule has 0 saturated carbocycles. The number of hydrogen-bond donors (Lipinski definition) is 2. The summed E-state index contributed by atoms with van der Waals surface area (Å²) < 4.78 is 10.1. The number of aromatic nitrogens is 2. The summed E-state index contributed by atoms with van der Waals surface area (Å²) in [5, 5.41) is 16.4. The Morgan fingerprint density at radius 2 is 2.50 bits per heavy atom. The Balaban J connectivity index is 1.87. The van der Waals surface area contributed by atoms with Crippen LogP contribution in [0.15, 0.2) is 4.52 Å². The number of nitrogens with zero attached hydrogens (tertiary/aromatic N) is 2. The molecule has 6 heteroatoms. The highest BCUT2D eigenvalue weighted by Gasteiger charge is 2.27. The quantitative estimate of drug-likeness (QED) is 0.691. The molecule has 6 nitrogen and oxygen atoms in total. The van der Waals surface area contributed by atoms with Crippen molar-refractivity contribution >= 4 is 0 Å². The van der Waals surface area contributed by atoms with Gasteiger partial charge in [-0.1, -0.05) is 5.16 Å². The lowest BCUT2D eigenvalue weighted by molar-refractivity contribution is 0.190. The molecule has 1 aliphatic heterocycles. The zero-order valence-corrected chi connectivity index (χ0v) is 9.35. The van der Waals surface area contributed by atoms with E-state index in [1.54, 1.807) is 7.11 Å². The van der Waals surface area contributed by atoms with Gasteiger partial charge in [0.05, 0.1) is 12.1 Å². The number of rotatable bonds is 5. The topological polar surface area (TPSA) is 80.4 Å². The summed E-state index contributed by atoms with van der Waals surface area (Å²) in [7, 11) is 1.67. The molecule has 0 bridgehead atoms. The lowest BCUT2D eigenvalue weighted by Gasteiger charge is -2.01. The van der Waals surface area contributed by atoms with Crippen LogP contribution in [-0.2, 0) is 11.2 Å². The first-order valence-electron chi connectivity index (χ1n) is 5.52. The van der Waals surface area contributed by atoms with Crippen LogP contribution < -0.4 is 5.32 Å². The van der Waals surface area contributed by atoms with E-state index in [-0.39, 0.29) is 12.1 Å². The van der Waals surface area contributed by atoms with Crippen molar-refractivity contribution in [3.05, 3.63) is 11.7 Å². The van der Waals surface area contributed by atoms with Crippen LogP contribution in [0.3, 0.4) is 0 Å². The molecule has 90 valence electrons. The van der Waals surface area contributed by atoms with Gasteiger partial charge < -0.3 is 19.7 Å². The SMILES string of the molecule is COCCCc1noc([C@@H]2CC(O)CN2)n1. The highest BCUT2D eigenvalue weighted by atomic mass is 16.5. The molecule has 0 amide bonds. The molecule has 0 radical (unpaired) electrons. The molecule has 0 aliphatic carbocycles. The minimum Gasteiger partial charge on any atom is -0.392 e. The van der Waals surface area contributed by atoms with E-state index < -0.39 is 0 Å². The molecule has 1 fully saturated rings. The van der Waals surface area contributed by atoms with Gasteiger partial charge in [0.25, 0.3) is 0 Å². The van der Waals surface area contributed by atoms with E-state index in [4.69, 9.17) is 9.26 Å². The Kier molecular flexibility index (Phi) is 3.87. The Labute approximate surface area is 94.0 Å². The number of methoxy groups -OCH3 is 1. The van der Waals surface area contributed by atoms with Crippen LogP contribution in [0.2, 0.25) is 0 Å². The molecular formula is C10H17N3O3. The average Bonchev–Trinajstić information content (AvgIpc) is 2.87. The summed E-state index contributed by atoms with van der Waals surface area (Å²) in [5.74, 6) is 1.28. The Morgan fingerprint density at radius 1 is 1.62 bits per heavy atom. The van der Waals surface area contributed by atoms with Crippen LogP contribution in [0, 0.1) is 0 Å². The third kappa shape index (κ3) is 2.78. The van der Waals surface area contributed by atoms with Crippen LogP contribution >= 0.6 is 0 Å². The van der Waals surface area contributed by atoms with E-state index in [1.807, 2.05) is 0 Å². The van der Waals surface area contributed by atoms with Crippen molar-refractivity contribution in [2.24, 2.45) is 0 Å². The van der Waals surface area contributed by atoms with Crippen molar-refractivity contribution in [1.82, 2.24) is 15.5 Å². The molecule has 0 aromatic carbocycles. The second-order valence-electron chi connectivity index (χ2n) is 4.00. The summed E-state index contributed by atoms with van der Waals surface area (Å²) in [6.45, 7) is 1.29. The predicted octanol–water partition coefficient (Wildman–Crippen LogP) is 0.0439. The van der Waals surface area contributed by atoms with Crippen LogP contribution in [-0.4, -0.2) is 41.6 Å². The van der Waals surface area contributed by atoms with E-state index in [1.165, 1.54) is 0 Å². The first-order chi connectivity index (χ1) is 7.79. The first-order valence-corrected chi connectivity index (χ1v) is 5.52. The number of aliphatic hydroxyl groups excluding tert-OH is 1. The zero-order chi connectivity index (χ0) is 11.4. The monoisotopic (exact) mass is 227 g/mol. The average molecular weight is 227 g/mol. The maximum absolute atomic E-state index is 9.37. The van der Waals surface area contributed by atoms with Crippen molar-refractivity contribution < 1.29 is 14.4 Å². The van der Waals surface area contributed by atoms with E-state index in [0.717, 1.165) is 12.8 Å². The lowest BCUT2D eigenvalue weighted by Crippen LogP contribution is -2.15. The summed E-state index contributed by atoms with van der Waals surface area (Å²) in [6, 6.07) is -0.00123. The molecule has 1 saturated heterocycles. The minimum absolute atomic E-state index is 0.00123. The lowest BCUT2D eigenvalue weighted by atomic mass is 10.2. The summed E-state index contributed by atoms with van der Waals surface area (Å²) in [5.41, 5.74) is 0. The van der Waals surface area contributed by atoms with E-state index in [9.17, 15) is 5.11 Å². The highest BCUT2D eigenvalue weighted by molar-refractivity contribution is 4.97. The van der Waals surface area contributed by atoms with Gasteiger partial charge in [-0.05, 0) is 12.8 Å². The zero-order valence-electron chi connectivity index (χ0n) is 9.35. The molecular weight excluding hydrogens is 210 g/mol. The summed E-state index contributed by atoms with van der Waals surface area (Å²) in [4.78, 5) is 4.29. The number of ether oxygens (including phenoxy) is 1. The van der Waals surface area contributed by atoms with Gasteiger partial charge in [-0.2, -0.15) is 4.98 Å². The third-order valence-corrected chi connectivity index (χ3v) is 2.64. The van der Waals surface area contributed by atoms with E-state index in [0.29, 0.717) is 31.3 Å². The Bertz CT molecular complexity index is 329. The number of aryl methyl sites for hydroxylation is 1. The van der Waals surface area contributed by atoms with E-state index in [2.05, 4.69) is 15.5 Å². The van der Waals surface area contributed by atoms with Gasteiger partial charge in [0.1, 0.15) is 0 Å². The van der Waals surface area contributed by atoms with Crippen LogP contribution in [0.25, 0.3) is 0 Å². The number of aliphatic hydroxyl groups is 1. The van der Waals surface area contributed by atoms with Crippen molar-refractivity contribution in [2.75, 3.05) is 20.3 Å².